The molecular formula is C15H18O. The molecule has 0 saturated heterocycles. The quantitative estimate of drug-likeness (QED) is 0.547. The van der Waals surface area contributed by atoms with Crippen LogP contribution in [0.5, 0.6) is 0 Å². The number of aryl methyl sites for hydroxylation is 1. The number of ketones is 1. The van der Waals surface area contributed by atoms with Gasteiger partial charge in [0.25, 0.3) is 0 Å². The van der Waals surface area contributed by atoms with Gasteiger partial charge in [0.15, 0.2) is 5.78 Å². The van der Waals surface area contributed by atoms with Crippen LogP contribution in [0.3, 0.4) is 0 Å². The lowest BCUT2D eigenvalue weighted by Crippen LogP contribution is -2.04. The molecule has 1 nitrogen and oxygen atoms in total. The van der Waals surface area contributed by atoms with E-state index in [-0.39, 0.29) is 5.78 Å². The van der Waals surface area contributed by atoms with E-state index in [0.717, 1.165) is 24.0 Å². The summed E-state index contributed by atoms with van der Waals surface area (Å²) in [5.41, 5.74) is 3.30. The van der Waals surface area contributed by atoms with Gasteiger partial charge in [-0.15, -0.1) is 0 Å². The smallest absolute Gasteiger partial charge is 0.167 e. The van der Waals surface area contributed by atoms with Crippen molar-refractivity contribution >= 4 is 5.78 Å². The second-order valence-electron chi connectivity index (χ2n) is 4.52. The molecule has 1 heteroatoms. The first-order valence-electron chi connectivity index (χ1n) is 6.04. The predicted molar refractivity (Wildman–Crippen MR) is 66.7 cm³/mol. The number of rotatable bonds is 3. The van der Waals surface area contributed by atoms with E-state index in [1.54, 1.807) is 0 Å². The van der Waals surface area contributed by atoms with Gasteiger partial charge >= 0.3 is 0 Å². The van der Waals surface area contributed by atoms with Gasteiger partial charge < -0.3 is 0 Å². The van der Waals surface area contributed by atoms with Crippen LogP contribution in [-0.2, 0) is 0 Å². The molecule has 0 saturated carbocycles. The van der Waals surface area contributed by atoms with Gasteiger partial charge in [0.05, 0.1) is 0 Å². The molecule has 16 heavy (non-hydrogen) atoms. The summed E-state index contributed by atoms with van der Waals surface area (Å²) in [5.74, 6) is 0.270. The molecule has 0 atom stereocenters. The lowest BCUT2D eigenvalue weighted by molar-refractivity contribution is 0.0991. The minimum absolute atomic E-state index is 0.270. The average molecular weight is 214 g/mol. The molecule has 0 spiro atoms. The molecule has 0 aliphatic heterocycles. The summed E-state index contributed by atoms with van der Waals surface area (Å²) in [7, 11) is 0. The maximum atomic E-state index is 12.1. The normalized spacial score (nSPS) is 15.7. The van der Waals surface area contributed by atoms with E-state index in [0.29, 0.717) is 6.42 Å². The summed E-state index contributed by atoms with van der Waals surface area (Å²) >= 11 is 0. The fourth-order valence-electron chi connectivity index (χ4n) is 2.25. The van der Waals surface area contributed by atoms with Gasteiger partial charge in [0.2, 0.25) is 0 Å². The molecule has 1 aromatic carbocycles. The Morgan fingerprint density at radius 1 is 1.25 bits per heavy atom. The largest absolute Gasteiger partial charge is 0.294 e. The Labute approximate surface area is 97.2 Å². The lowest BCUT2D eigenvalue weighted by atomic mass is 9.92. The van der Waals surface area contributed by atoms with Crippen LogP contribution in [0.4, 0.5) is 0 Å². The lowest BCUT2D eigenvalue weighted by Gasteiger charge is -2.12. The Morgan fingerprint density at radius 3 is 2.75 bits per heavy atom. The zero-order valence-corrected chi connectivity index (χ0v) is 9.83. The van der Waals surface area contributed by atoms with Gasteiger partial charge in [-0.1, -0.05) is 35.9 Å². The molecule has 2 rings (SSSR count). The third-order valence-electron chi connectivity index (χ3n) is 3.22. The van der Waals surface area contributed by atoms with Gasteiger partial charge in [0, 0.05) is 12.0 Å². The fraction of sp³-hybridized carbons (Fsp3) is 0.400. The number of carbonyl (C=O) groups excluding carboxylic acids is 1. The third-order valence-corrected chi connectivity index (χ3v) is 3.22. The molecule has 0 N–H and O–H groups in total. The van der Waals surface area contributed by atoms with Crippen LogP contribution in [0.15, 0.2) is 35.9 Å². The van der Waals surface area contributed by atoms with E-state index in [9.17, 15) is 4.79 Å². The minimum Gasteiger partial charge on any atom is -0.294 e. The highest BCUT2D eigenvalue weighted by molar-refractivity contribution is 5.98. The average Bonchev–Trinajstić information content (AvgIpc) is 2.31. The summed E-state index contributed by atoms with van der Waals surface area (Å²) in [6.45, 7) is 2.00. The van der Waals surface area contributed by atoms with Crippen LogP contribution in [0.1, 0.15) is 48.0 Å². The Hall–Kier alpha value is -1.37. The molecule has 1 aromatic rings. The Kier molecular flexibility index (Phi) is 3.55. The fourth-order valence-corrected chi connectivity index (χ4v) is 2.25. The summed E-state index contributed by atoms with van der Waals surface area (Å²) in [5, 5.41) is 0. The SMILES string of the molecule is Cc1ccccc1C(=O)CC1=CCCCC1. The van der Waals surface area contributed by atoms with Crippen LogP contribution in [0.25, 0.3) is 0 Å². The Bertz CT molecular complexity index is 415. The van der Waals surface area contributed by atoms with Crippen LogP contribution in [0, 0.1) is 6.92 Å². The van der Waals surface area contributed by atoms with Crippen LogP contribution in [0.2, 0.25) is 0 Å². The summed E-state index contributed by atoms with van der Waals surface area (Å²) in [6.07, 6.45) is 7.65. The predicted octanol–water partition coefficient (Wildman–Crippen LogP) is 4.07. The molecule has 0 bridgehead atoms. The van der Waals surface area contributed by atoms with Gasteiger partial charge in [-0.25, -0.2) is 0 Å². The van der Waals surface area contributed by atoms with Crippen molar-refractivity contribution in [1.29, 1.82) is 0 Å². The number of Topliss-reactive ketones (excluding diaryl/α,β-unsaturated/α-hetero) is 1. The van der Waals surface area contributed by atoms with Crippen LogP contribution in [-0.4, -0.2) is 5.78 Å². The molecule has 0 radical (unpaired) electrons. The number of allylic oxidation sites excluding steroid dienone is 2. The van der Waals surface area contributed by atoms with Crippen molar-refractivity contribution in [1.82, 2.24) is 0 Å². The summed E-state index contributed by atoms with van der Waals surface area (Å²) in [4.78, 5) is 12.1. The molecule has 0 amide bonds. The summed E-state index contributed by atoms with van der Waals surface area (Å²) in [6, 6.07) is 7.85. The van der Waals surface area contributed by atoms with Gasteiger partial charge in [-0.3, -0.25) is 4.79 Å². The van der Waals surface area contributed by atoms with Crippen molar-refractivity contribution in [3.05, 3.63) is 47.0 Å². The molecule has 84 valence electrons. The first-order chi connectivity index (χ1) is 7.77. The topological polar surface area (TPSA) is 17.1 Å². The van der Waals surface area contributed by atoms with E-state index >= 15 is 0 Å². The molecule has 0 heterocycles. The second-order valence-corrected chi connectivity index (χ2v) is 4.52. The third kappa shape index (κ3) is 2.60. The summed E-state index contributed by atoms with van der Waals surface area (Å²) < 4.78 is 0. The molecule has 0 unspecified atom stereocenters. The highest BCUT2D eigenvalue weighted by Gasteiger charge is 2.12. The maximum absolute atomic E-state index is 12.1. The number of benzene rings is 1. The van der Waals surface area contributed by atoms with Crippen molar-refractivity contribution in [2.24, 2.45) is 0 Å². The molecule has 1 aliphatic rings. The second kappa shape index (κ2) is 5.11. The maximum Gasteiger partial charge on any atom is 0.167 e. The molecule has 1 aliphatic carbocycles. The number of hydrogen-bond donors (Lipinski definition) is 0. The zero-order chi connectivity index (χ0) is 11.4. The van der Waals surface area contributed by atoms with E-state index in [4.69, 9.17) is 0 Å². The van der Waals surface area contributed by atoms with E-state index < -0.39 is 0 Å². The highest BCUT2D eigenvalue weighted by atomic mass is 16.1. The van der Waals surface area contributed by atoms with Crippen molar-refractivity contribution in [3.8, 4) is 0 Å². The molecular weight excluding hydrogens is 196 g/mol. The van der Waals surface area contributed by atoms with E-state index in [2.05, 4.69) is 6.08 Å². The Balaban J connectivity index is 2.08. The molecule has 0 fully saturated rings. The first kappa shape index (κ1) is 11.1. The van der Waals surface area contributed by atoms with Gasteiger partial charge in [-0.05, 0) is 38.2 Å². The van der Waals surface area contributed by atoms with E-state index in [1.807, 2.05) is 31.2 Å². The standard InChI is InChI=1S/C15H18O/c1-12-7-5-6-10-14(12)15(16)11-13-8-3-2-4-9-13/h5-8,10H,2-4,9,11H2,1H3. The van der Waals surface area contributed by atoms with Gasteiger partial charge in [0.1, 0.15) is 0 Å². The molecule has 0 aromatic heterocycles. The van der Waals surface area contributed by atoms with Crippen molar-refractivity contribution in [2.75, 3.05) is 0 Å². The van der Waals surface area contributed by atoms with Crippen molar-refractivity contribution in [2.45, 2.75) is 39.0 Å². The van der Waals surface area contributed by atoms with Crippen LogP contribution >= 0.6 is 0 Å². The van der Waals surface area contributed by atoms with Gasteiger partial charge in [-0.2, -0.15) is 0 Å². The highest BCUT2D eigenvalue weighted by Crippen LogP contribution is 2.22. The van der Waals surface area contributed by atoms with E-state index in [1.165, 1.54) is 18.4 Å². The van der Waals surface area contributed by atoms with Crippen molar-refractivity contribution in [3.63, 3.8) is 0 Å². The van der Waals surface area contributed by atoms with Crippen LogP contribution < -0.4 is 0 Å². The first-order valence-corrected chi connectivity index (χ1v) is 6.04. The minimum atomic E-state index is 0.270. The number of carbonyl (C=O) groups is 1. The van der Waals surface area contributed by atoms with Crippen molar-refractivity contribution < 1.29 is 4.79 Å². The Morgan fingerprint density at radius 2 is 2.06 bits per heavy atom. The zero-order valence-electron chi connectivity index (χ0n) is 9.83. The number of hydrogen-bond acceptors (Lipinski definition) is 1. The monoisotopic (exact) mass is 214 g/mol.